The van der Waals surface area contributed by atoms with Crippen LogP contribution in [0.2, 0.25) is 0 Å². The zero-order chi connectivity index (χ0) is 23.2. The highest BCUT2D eigenvalue weighted by Crippen LogP contribution is 2.33. The van der Waals surface area contributed by atoms with Crippen molar-refractivity contribution in [2.24, 2.45) is 5.11 Å². The van der Waals surface area contributed by atoms with E-state index in [1.165, 1.54) is 6.08 Å². The molecule has 33 heavy (non-hydrogen) atoms. The van der Waals surface area contributed by atoms with Crippen LogP contribution in [0, 0.1) is 13.8 Å². The number of aryl methyl sites for hydroxylation is 2. The molecular formula is C26H21N5O2. The Labute approximate surface area is 191 Å². The van der Waals surface area contributed by atoms with Crippen LogP contribution in [0.3, 0.4) is 0 Å². The van der Waals surface area contributed by atoms with E-state index in [4.69, 9.17) is 10.3 Å². The average Bonchev–Trinajstić information content (AvgIpc) is 3.15. The minimum atomic E-state index is -0.184. The highest BCUT2D eigenvalue weighted by molar-refractivity contribution is 6.07. The summed E-state index contributed by atoms with van der Waals surface area (Å²) in [6, 6.07) is 23.9. The number of aromatic nitrogens is 2. The first-order valence-corrected chi connectivity index (χ1v) is 10.3. The third-order valence-electron chi connectivity index (χ3n) is 5.08. The average molecular weight is 435 g/mol. The lowest BCUT2D eigenvalue weighted by Crippen LogP contribution is -2.00. The van der Waals surface area contributed by atoms with Gasteiger partial charge in [-0.25, -0.2) is 0 Å². The molecule has 4 aromatic rings. The standard InChI is InChI=1S/C26H21N5O2/c1-18-8-6-7-11-25(18)33-26-23(19(2)29-31(26)22-9-4-3-5-10-22)16-17-24(32)20-12-14-21(15-13-20)28-30-27/h3-17H,1-2H3/b17-16+. The summed E-state index contributed by atoms with van der Waals surface area (Å²) in [6.07, 6.45) is 3.21. The van der Waals surface area contributed by atoms with Gasteiger partial charge in [0.1, 0.15) is 5.75 Å². The van der Waals surface area contributed by atoms with Crippen LogP contribution in [-0.4, -0.2) is 15.6 Å². The predicted octanol–water partition coefficient (Wildman–Crippen LogP) is 7.12. The number of nitrogens with zero attached hydrogens (tertiary/aromatic N) is 5. The summed E-state index contributed by atoms with van der Waals surface area (Å²) >= 11 is 0. The number of carbonyl (C=O) groups excluding carboxylic acids is 1. The second kappa shape index (κ2) is 9.68. The Hall–Kier alpha value is -4.61. The van der Waals surface area contributed by atoms with Gasteiger partial charge in [0.2, 0.25) is 5.88 Å². The minimum absolute atomic E-state index is 0.184. The van der Waals surface area contributed by atoms with Gasteiger partial charge in [-0.1, -0.05) is 65.8 Å². The molecule has 7 nitrogen and oxygen atoms in total. The molecule has 0 atom stereocenters. The van der Waals surface area contributed by atoms with Crippen molar-refractivity contribution in [3.63, 3.8) is 0 Å². The van der Waals surface area contributed by atoms with Gasteiger partial charge in [-0.15, -0.1) is 0 Å². The third kappa shape index (κ3) is 4.84. The Bertz CT molecular complexity index is 1370. The molecule has 0 bridgehead atoms. The van der Waals surface area contributed by atoms with E-state index in [2.05, 4.69) is 15.1 Å². The maximum absolute atomic E-state index is 12.7. The van der Waals surface area contributed by atoms with Gasteiger partial charge in [-0.3, -0.25) is 4.79 Å². The van der Waals surface area contributed by atoms with E-state index in [9.17, 15) is 4.79 Å². The van der Waals surface area contributed by atoms with E-state index in [0.29, 0.717) is 28.4 Å². The molecule has 0 amide bonds. The molecule has 4 rings (SSSR count). The lowest BCUT2D eigenvalue weighted by atomic mass is 10.1. The van der Waals surface area contributed by atoms with Crippen molar-refractivity contribution in [2.45, 2.75) is 13.8 Å². The first kappa shape index (κ1) is 21.6. The van der Waals surface area contributed by atoms with E-state index >= 15 is 0 Å². The van der Waals surface area contributed by atoms with Crippen molar-refractivity contribution in [2.75, 3.05) is 0 Å². The zero-order valence-corrected chi connectivity index (χ0v) is 18.2. The van der Waals surface area contributed by atoms with E-state index in [-0.39, 0.29) is 5.78 Å². The number of para-hydroxylation sites is 2. The number of benzene rings is 3. The number of carbonyl (C=O) groups is 1. The molecule has 0 saturated carbocycles. The Morgan fingerprint density at radius 3 is 2.39 bits per heavy atom. The number of rotatable bonds is 7. The number of azide groups is 1. The second-order valence-electron chi connectivity index (χ2n) is 7.35. The van der Waals surface area contributed by atoms with Crippen molar-refractivity contribution in [1.29, 1.82) is 0 Å². The maximum Gasteiger partial charge on any atom is 0.230 e. The number of hydrogen-bond acceptors (Lipinski definition) is 4. The van der Waals surface area contributed by atoms with Crippen LogP contribution < -0.4 is 4.74 Å². The quantitative estimate of drug-likeness (QED) is 0.102. The van der Waals surface area contributed by atoms with Gasteiger partial charge in [0.05, 0.1) is 16.9 Å². The van der Waals surface area contributed by atoms with E-state index < -0.39 is 0 Å². The molecule has 1 aromatic heterocycles. The smallest absolute Gasteiger partial charge is 0.230 e. The molecular weight excluding hydrogens is 414 g/mol. The zero-order valence-electron chi connectivity index (χ0n) is 18.2. The van der Waals surface area contributed by atoms with Gasteiger partial charge >= 0.3 is 0 Å². The summed E-state index contributed by atoms with van der Waals surface area (Å²) in [5.41, 5.74) is 12.7. The molecule has 0 aliphatic heterocycles. The van der Waals surface area contributed by atoms with Gasteiger partial charge < -0.3 is 4.74 Å². The molecule has 7 heteroatoms. The molecule has 0 saturated heterocycles. The fourth-order valence-corrected chi connectivity index (χ4v) is 3.33. The maximum atomic E-state index is 12.7. The monoisotopic (exact) mass is 435 g/mol. The molecule has 0 N–H and O–H groups in total. The van der Waals surface area contributed by atoms with Crippen LogP contribution in [-0.2, 0) is 0 Å². The number of ketones is 1. The molecule has 0 aliphatic carbocycles. The molecule has 162 valence electrons. The number of hydrogen-bond donors (Lipinski definition) is 0. The summed E-state index contributed by atoms with van der Waals surface area (Å²) in [5, 5.41) is 8.20. The SMILES string of the molecule is Cc1ccccc1Oc1c(/C=C/C(=O)c2ccc(N=[N+]=[N-])cc2)c(C)nn1-c1ccccc1. The van der Waals surface area contributed by atoms with Crippen LogP contribution in [0.25, 0.3) is 22.2 Å². The molecule has 3 aromatic carbocycles. The molecule has 0 aliphatic rings. The van der Waals surface area contributed by atoms with Gasteiger partial charge in [-0.05, 0) is 55.3 Å². The summed E-state index contributed by atoms with van der Waals surface area (Å²) in [7, 11) is 0. The first-order valence-electron chi connectivity index (χ1n) is 10.3. The van der Waals surface area contributed by atoms with Crippen LogP contribution in [0.4, 0.5) is 5.69 Å². The van der Waals surface area contributed by atoms with E-state index in [1.54, 1.807) is 35.0 Å². The normalized spacial score (nSPS) is 10.7. The minimum Gasteiger partial charge on any atom is -0.438 e. The third-order valence-corrected chi connectivity index (χ3v) is 5.08. The molecule has 0 spiro atoms. The molecule has 0 unspecified atom stereocenters. The number of allylic oxidation sites excluding steroid dienone is 1. The van der Waals surface area contributed by atoms with Crippen LogP contribution in [0.5, 0.6) is 11.6 Å². The van der Waals surface area contributed by atoms with Crippen molar-refractivity contribution in [3.05, 3.63) is 118 Å². The fourth-order valence-electron chi connectivity index (χ4n) is 3.33. The Balaban J connectivity index is 1.72. The van der Waals surface area contributed by atoms with Crippen molar-refractivity contribution in [1.82, 2.24) is 9.78 Å². The second-order valence-corrected chi connectivity index (χ2v) is 7.35. The predicted molar refractivity (Wildman–Crippen MR) is 128 cm³/mol. The lowest BCUT2D eigenvalue weighted by molar-refractivity contribution is 0.104. The van der Waals surface area contributed by atoms with Gasteiger partial charge in [0.25, 0.3) is 0 Å². The summed E-state index contributed by atoms with van der Waals surface area (Å²) < 4.78 is 8.06. The molecule has 0 fully saturated rings. The van der Waals surface area contributed by atoms with Crippen molar-refractivity contribution < 1.29 is 9.53 Å². The fraction of sp³-hybridized carbons (Fsp3) is 0.0769. The molecule has 0 radical (unpaired) electrons. The highest BCUT2D eigenvalue weighted by Gasteiger charge is 2.18. The topological polar surface area (TPSA) is 92.9 Å². The van der Waals surface area contributed by atoms with Crippen LogP contribution in [0.1, 0.15) is 27.2 Å². The van der Waals surface area contributed by atoms with Crippen LogP contribution >= 0.6 is 0 Å². The van der Waals surface area contributed by atoms with Crippen LogP contribution in [0.15, 0.2) is 90.1 Å². The number of ether oxygens (including phenoxy) is 1. The van der Waals surface area contributed by atoms with E-state index in [1.807, 2.05) is 68.4 Å². The van der Waals surface area contributed by atoms with Crippen molar-refractivity contribution >= 4 is 17.5 Å². The molecule has 1 heterocycles. The first-order chi connectivity index (χ1) is 16.1. The highest BCUT2D eigenvalue weighted by atomic mass is 16.5. The Morgan fingerprint density at radius 1 is 1.00 bits per heavy atom. The summed E-state index contributed by atoms with van der Waals surface area (Å²) in [4.78, 5) is 15.5. The van der Waals surface area contributed by atoms with Crippen molar-refractivity contribution in [3.8, 4) is 17.3 Å². The lowest BCUT2D eigenvalue weighted by Gasteiger charge is -2.12. The largest absolute Gasteiger partial charge is 0.438 e. The van der Waals surface area contributed by atoms with E-state index in [0.717, 1.165) is 16.9 Å². The van der Waals surface area contributed by atoms with Gasteiger partial charge in [0.15, 0.2) is 5.78 Å². The summed E-state index contributed by atoms with van der Waals surface area (Å²) in [5.74, 6) is 1.05. The summed E-state index contributed by atoms with van der Waals surface area (Å²) in [6.45, 7) is 3.85. The Morgan fingerprint density at radius 2 is 1.70 bits per heavy atom. The van der Waals surface area contributed by atoms with Gasteiger partial charge in [-0.2, -0.15) is 9.78 Å². The van der Waals surface area contributed by atoms with Gasteiger partial charge in [0, 0.05) is 16.2 Å². The Kier molecular flexibility index (Phi) is 6.34.